The third-order valence-corrected chi connectivity index (χ3v) is 6.51. The fraction of sp³-hybridized carbons (Fsp3) is 0.409. The van der Waals surface area contributed by atoms with Crippen molar-refractivity contribution >= 4 is 27.3 Å². The van der Waals surface area contributed by atoms with Crippen molar-refractivity contribution in [2.75, 3.05) is 50.0 Å². The van der Waals surface area contributed by atoms with Crippen LogP contribution in [0, 0.1) is 0 Å². The van der Waals surface area contributed by atoms with Gasteiger partial charge in [0, 0.05) is 43.6 Å². The number of hydrogen-bond acceptors (Lipinski definition) is 6. The van der Waals surface area contributed by atoms with Crippen molar-refractivity contribution in [3.05, 3.63) is 48.0 Å². The Morgan fingerprint density at radius 2 is 1.68 bits per heavy atom. The zero-order chi connectivity index (χ0) is 22.6. The molecule has 2 N–H and O–H groups in total. The minimum absolute atomic E-state index is 0.00893. The number of carbonyl (C=O) groups excluding carboxylic acids is 1. The molecule has 0 aromatic heterocycles. The molecule has 0 aliphatic carbocycles. The maximum atomic E-state index is 12.9. The van der Waals surface area contributed by atoms with Gasteiger partial charge in [0.05, 0.1) is 17.6 Å². The fourth-order valence-corrected chi connectivity index (χ4v) is 4.48. The zero-order valence-corrected chi connectivity index (χ0v) is 19.2. The molecular formula is C22H30N4O4S. The average Bonchev–Trinajstić information content (AvgIpc) is 2.73. The minimum atomic E-state index is -3.87. The van der Waals surface area contributed by atoms with E-state index in [1.807, 2.05) is 26.0 Å². The molecule has 1 saturated heterocycles. The van der Waals surface area contributed by atoms with Crippen molar-refractivity contribution in [1.82, 2.24) is 10.2 Å². The number of nitrogens with zero attached hydrogens (tertiary/aromatic N) is 2. The van der Waals surface area contributed by atoms with Crippen LogP contribution in [0.3, 0.4) is 0 Å². The van der Waals surface area contributed by atoms with E-state index in [1.54, 1.807) is 12.1 Å². The number of hydrogen-bond donors (Lipinski definition) is 2. The average molecular weight is 447 g/mol. The monoisotopic (exact) mass is 446 g/mol. The van der Waals surface area contributed by atoms with Crippen molar-refractivity contribution in [3.8, 4) is 5.75 Å². The summed E-state index contributed by atoms with van der Waals surface area (Å²) in [4.78, 5) is 17.0. The number of carbonyl (C=O) groups is 1. The highest BCUT2D eigenvalue weighted by Gasteiger charge is 2.21. The molecule has 1 aliphatic rings. The molecule has 8 nitrogen and oxygen atoms in total. The molecule has 0 unspecified atom stereocenters. The van der Waals surface area contributed by atoms with Crippen molar-refractivity contribution in [2.45, 2.75) is 24.8 Å². The van der Waals surface area contributed by atoms with Crippen molar-refractivity contribution in [3.63, 3.8) is 0 Å². The summed E-state index contributed by atoms with van der Waals surface area (Å²) in [5.41, 5.74) is 1.69. The first-order valence-electron chi connectivity index (χ1n) is 10.2. The van der Waals surface area contributed by atoms with Gasteiger partial charge in [-0.15, -0.1) is 0 Å². The van der Waals surface area contributed by atoms with Crippen LogP contribution in [-0.2, 0) is 10.0 Å². The fourth-order valence-electron chi connectivity index (χ4n) is 3.39. The van der Waals surface area contributed by atoms with Crippen LogP contribution in [0.5, 0.6) is 5.75 Å². The second-order valence-corrected chi connectivity index (χ2v) is 9.62. The third-order valence-electron chi connectivity index (χ3n) is 5.13. The summed E-state index contributed by atoms with van der Waals surface area (Å²) < 4.78 is 33.7. The van der Waals surface area contributed by atoms with Crippen LogP contribution in [0.15, 0.2) is 47.4 Å². The lowest BCUT2D eigenvalue weighted by Crippen LogP contribution is -2.44. The van der Waals surface area contributed by atoms with Crippen LogP contribution >= 0.6 is 0 Å². The molecule has 1 aliphatic heterocycles. The van der Waals surface area contributed by atoms with Gasteiger partial charge in [-0.1, -0.05) is 0 Å². The van der Waals surface area contributed by atoms with Gasteiger partial charge in [0.1, 0.15) is 5.75 Å². The van der Waals surface area contributed by atoms with E-state index in [2.05, 4.69) is 26.9 Å². The molecule has 0 bridgehead atoms. The van der Waals surface area contributed by atoms with Gasteiger partial charge < -0.3 is 19.9 Å². The third kappa shape index (κ3) is 5.68. The maximum Gasteiger partial charge on any atom is 0.261 e. The summed E-state index contributed by atoms with van der Waals surface area (Å²) in [7, 11) is -0.330. The Labute approximate surface area is 184 Å². The van der Waals surface area contributed by atoms with Gasteiger partial charge in [0.15, 0.2) is 0 Å². The van der Waals surface area contributed by atoms with Gasteiger partial charge in [-0.25, -0.2) is 8.42 Å². The normalized spacial score (nSPS) is 15.1. The van der Waals surface area contributed by atoms with E-state index in [4.69, 9.17) is 4.74 Å². The Morgan fingerprint density at radius 1 is 1.03 bits per heavy atom. The topological polar surface area (TPSA) is 91.0 Å². The largest absolute Gasteiger partial charge is 0.496 e. The summed E-state index contributed by atoms with van der Waals surface area (Å²) in [6.45, 7) is 7.54. The first kappa shape index (κ1) is 22.9. The van der Waals surface area contributed by atoms with E-state index < -0.39 is 10.0 Å². The molecule has 168 valence electrons. The molecular weight excluding hydrogens is 416 g/mol. The summed E-state index contributed by atoms with van der Waals surface area (Å²) in [6, 6.07) is 11.5. The van der Waals surface area contributed by atoms with Crippen LogP contribution in [0.4, 0.5) is 11.4 Å². The molecule has 9 heteroatoms. The zero-order valence-electron chi connectivity index (χ0n) is 18.4. The Hall–Kier alpha value is -2.78. The van der Waals surface area contributed by atoms with Crippen LogP contribution in [-0.4, -0.2) is 65.6 Å². The van der Waals surface area contributed by atoms with Gasteiger partial charge in [-0.05, 0) is 63.4 Å². The first-order chi connectivity index (χ1) is 14.7. The standard InChI is InChI=1S/C22H30N4O4S/c1-16(2)23-22(27)20-15-19(9-10-21(20)30-4)31(28,29)24-17-5-7-18(8-6-17)26-13-11-25(3)12-14-26/h5-10,15-16,24H,11-14H2,1-4H3,(H,23,27). The van der Waals surface area contributed by atoms with Crippen LogP contribution in [0.1, 0.15) is 24.2 Å². The number of methoxy groups -OCH3 is 1. The number of nitrogens with one attached hydrogen (secondary N) is 2. The molecule has 2 aromatic rings. The molecule has 0 radical (unpaired) electrons. The number of benzene rings is 2. The van der Waals surface area contributed by atoms with Gasteiger partial charge in [-0.3, -0.25) is 9.52 Å². The molecule has 2 aromatic carbocycles. The van der Waals surface area contributed by atoms with Crippen molar-refractivity contribution < 1.29 is 17.9 Å². The first-order valence-corrected chi connectivity index (χ1v) is 11.7. The lowest BCUT2D eigenvalue weighted by Gasteiger charge is -2.34. The van der Waals surface area contributed by atoms with Gasteiger partial charge >= 0.3 is 0 Å². The van der Waals surface area contributed by atoms with Gasteiger partial charge in [0.2, 0.25) is 0 Å². The molecule has 31 heavy (non-hydrogen) atoms. The lowest BCUT2D eigenvalue weighted by atomic mass is 10.2. The van der Waals surface area contributed by atoms with E-state index in [1.165, 1.54) is 25.3 Å². The number of piperazine rings is 1. The smallest absolute Gasteiger partial charge is 0.261 e. The molecule has 0 saturated carbocycles. The number of likely N-dealkylation sites (N-methyl/N-ethyl adjacent to an activating group) is 1. The Balaban J connectivity index is 1.78. The molecule has 1 heterocycles. The second-order valence-electron chi connectivity index (χ2n) is 7.93. The Bertz CT molecular complexity index is 1010. The quantitative estimate of drug-likeness (QED) is 0.679. The maximum absolute atomic E-state index is 12.9. The van der Waals surface area contributed by atoms with E-state index in [0.717, 1.165) is 31.9 Å². The number of amides is 1. The van der Waals surface area contributed by atoms with E-state index >= 15 is 0 Å². The molecule has 0 atom stereocenters. The summed E-state index contributed by atoms with van der Waals surface area (Å²) in [5, 5.41) is 2.76. The predicted molar refractivity (Wildman–Crippen MR) is 123 cm³/mol. The number of ether oxygens (including phenoxy) is 1. The van der Waals surface area contributed by atoms with Crippen LogP contribution in [0.2, 0.25) is 0 Å². The number of rotatable bonds is 7. The summed E-state index contributed by atoms with van der Waals surface area (Å²) in [5.74, 6) is -0.0749. The second kappa shape index (κ2) is 9.57. The highest BCUT2D eigenvalue weighted by molar-refractivity contribution is 7.92. The Morgan fingerprint density at radius 3 is 2.26 bits per heavy atom. The van der Waals surface area contributed by atoms with E-state index in [0.29, 0.717) is 11.4 Å². The summed E-state index contributed by atoms with van der Waals surface area (Å²) >= 11 is 0. The predicted octanol–water partition coefficient (Wildman–Crippen LogP) is 2.39. The molecule has 0 spiro atoms. The molecule has 1 fully saturated rings. The van der Waals surface area contributed by atoms with Gasteiger partial charge in [0.25, 0.3) is 15.9 Å². The highest BCUT2D eigenvalue weighted by atomic mass is 32.2. The number of anilines is 2. The SMILES string of the molecule is COc1ccc(S(=O)(=O)Nc2ccc(N3CCN(C)CC3)cc2)cc1C(=O)NC(C)C. The molecule has 3 rings (SSSR count). The summed E-state index contributed by atoms with van der Waals surface area (Å²) in [6.07, 6.45) is 0. The molecule has 1 amide bonds. The van der Waals surface area contributed by atoms with E-state index in [9.17, 15) is 13.2 Å². The van der Waals surface area contributed by atoms with Gasteiger partial charge in [-0.2, -0.15) is 0 Å². The lowest BCUT2D eigenvalue weighted by molar-refractivity contribution is 0.0940. The highest BCUT2D eigenvalue weighted by Crippen LogP contribution is 2.25. The van der Waals surface area contributed by atoms with Crippen molar-refractivity contribution in [1.29, 1.82) is 0 Å². The minimum Gasteiger partial charge on any atom is -0.496 e. The Kier molecular flexibility index (Phi) is 7.07. The van der Waals surface area contributed by atoms with Crippen molar-refractivity contribution in [2.24, 2.45) is 0 Å². The number of sulfonamides is 1. The van der Waals surface area contributed by atoms with Crippen LogP contribution < -0.4 is 19.7 Å². The van der Waals surface area contributed by atoms with E-state index in [-0.39, 0.29) is 22.4 Å². The van der Waals surface area contributed by atoms with Crippen LogP contribution in [0.25, 0.3) is 0 Å².